The first-order valence-corrected chi connectivity index (χ1v) is 9.99. The van der Waals surface area contributed by atoms with Gasteiger partial charge in [0.2, 0.25) is 11.8 Å². The molecule has 4 nitrogen and oxygen atoms in total. The second-order valence-electron chi connectivity index (χ2n) is 7.29. The van der Waals surface area contributed by atoms with Crippen LogP contribution in [0.15, 0.2) is 30.3 Å². The van der Waals surface area contributed by atoms with Crippen LogP contribution in [-0.2, 0) is 20.9 Å². The number of unbranched alkanes of at least 4 members (excludes halogenated alkanes) is 3. The number of hydrogen-bond donors (Lipinski definition) is 0. The SMILES string of the molecule is CCCCCC(=O)C(CCCC)C1CC(=O)N(Cc2ccccc2)C1=O. The first kappa shape index (κ1) is 20.3. The zero-order valence-corrected chi connectivity index (χ0v) is 16.1. The van der Waals surface area contributed by atoms with Crippen LogP contribution in [-0.4, -0.2) is 22.5 Å². The normalized spacial score (nSPS) is 18.4. The smallest absolute Gasteiger partial charge is 0.233 e. The van der Waals surface area contributed by atoms with Gasteiger partial charge in [-0.2, -0.15) is 0 Å². The molecule has 1 aromatic rings. The van der Waals surface area contributed by atoms with Crippen molar-refractivity contribution in [1.82, 2.24) is 4.90 Å². The van der Waals surface area contributed by atoms with Crippen molar-refractivity contribution in [3.8, 4) is 0 Å². The maximum atomic E-state index is 12.9. The van der Waals surface area contributed by atoms with Crippen LogP contribution in [0.5, 0.6) is 0 Å². The third-order valence-electron chi connectivity index (χ3n) is 5.26. The average molecular weight is 357 g/mol. The van der Waals surface area contributed by atoms with Gasteiger partial charge in [-0.05, 0) is 18.4 Å². The van der Waals surface area contributed by atoms with E-state index in [9.17, 15) is 14.4 Å². The summed E-state index contributed by atoms with van der Waals surface area (Å²) in [6, 6.07) is 9.55. The molecule has 2 amide bonds. The highest BCUT2D eigenvalue weighted by atomic mass is 16.2. The maximum Gasteiger partial charge on any atom is 0.233 e. The zero-order chi connectivity index (χ0) is 18.9. The van der Waals surface area contributed by atoms with Crippen LogP contribution in [0.2, 0.25) is 0 Å². The summed E-state index contributed by atoms with van der Waals surface area (Å²) in [4.78, 5) is 39.5. The van der Waals surface area contributed by atoms with Gasteiger partial charge in [0.15, 0.2) is 0 Å². The van der Waals surface area contributed by atoms with Crippen molar-refractivity contribution in [2.75, 3.05) is 0 Å². The lowest BCUT2D eigenvalue weighted by Crippen LogP contribution is -2.34. The molecule has 2 rings (SSSR count). The Morgan fingerprint density at radius 1 is 1.08 bits per heavy atom. The fourth-order valence-corrected chi connectivity index (χ4v) is 3.70. The predicted octanol–water partition coefficient (Wildman–Crippen LogP) is 4.52. The van der Waals surface area contributed by atoms with Gasteiger partial charge in [0.1, 0.15) is 5.78 Å². The van der Waals surface area contributed by atoms with Gasteiger partial charge < -0.3 is 0 Å². The van der Waals surface area contributed by atoms with E-state index in [1.165, 1.54) is 4.90 Å². The maximum absolute atomic E-state index is 12.9. The molecule has 26 heavy (non-hydrogen) atoms. The lowest BCUT2D eigenvalue weighted by Gasteiger charge is -2.21. The lowest BCUT2D eigenvalue weighted by atomic mass is 9.82. The minimum Gasteiger partial charge on any atom is -0.299 e. The Kier molecular flexibility index (Phi) is 8.02. The van der Waals surface area contributed by atoms with Crippen LogP contribution in [0.4, 0.5) is 0 Å². The molecule has 0 radical (unpaired) electrons. The first-order chi connectivity index (χ1) is 12.6. The third kappa shape index (κ3) is 5.26. The average Bonchev–Trinajstić information content (AvgIpc) is 2.91. The third-order valence-corrected chi connectivity index (χ3v) is 5.26. The molecule has 1 saturated heterocycles. The van der Waals surface area contributed by atoms with E-state index in [-0.39, 0.29) is 29.9 Å². The number of Topliss-reactive ketones (excluding diaryl/α,β-unsaturated/α-hetero) is 1. The molecule has 0 aromatic heterocycles. The highest BCUT2D eigenvalue weighted by Gasteiger charge is 2.44. The van der Waals surface area contributed by atoms with E-state index in [4.69, 9.17) is 0 Å². The van der Waals surface area contributed by atoms with Crippen molar-refractivity contribution in [2.24, 2.45) is 11.8 Å². The first-order valence-electron chi connectivity index (χ1n) is 9.99. The Bertz CT molecular complexity index is 611. The minimum absolute atomic E-state index is 0.147. The van der Waals surface area contributed by atoms with Crippen molar-refractivity contribution in [3.05, 3.63) is 35.9 Å². The van der Waals surface area contributed by atoms with Gasteiger partial charge >= 0.3 is 0 Å². The quantitative estimate of drug-likeness (QED) is 0.432. The molecule has 1 fully saturated rings. The summed E-state index contributed by atoms with van der Waals surface area (Å²) in [5, 5.41) is 0. The highest BCUT2D eigenvalue weighted by molar-refractivity contribution is 6.05. The van der Waals surface area contributed by atoms with Crippen LogP contribution in [0, 0.1) is 11.8 Å². The second kappa shape index (κ2) is 10.2. The summed E-state index contributed by atoms with van der Waals surface area (Å²) in [6.07, 6.45) is 6.30. The topological polar surface area (TPSA) is 54.5 Å². The highest BCUT2D eigenvalue weighted by Crippen LogP contribution is 2.32. The summed E-state index contributed by atoms with van der Waals surface area (Å²) >= 11 is 0. The number of benzene rings is 1. The molecule has 1 aromatic carbocycles. The molecule has 2 unspecified atom stereocenters. The minimum atomic E-state index is -0.466. The van der Waals surface area contributed by atoms with Crippen LogP contribution in [0.25, 0.3) is 0 Å². The number of amides is 2. The summed E-state index contributed by atoms with van der Waals surface area (Å²) in [6.45, 7) is 4.50. The van der Waals surface area contributed by atoms with E-state index >= 15 is 0 Å². The molecule has 0 bridgehead atoms. The van der Waals surface area contributed by atoms with Crippen LogP contribution in [0.1, 0.15) is 70.8 Å². The molecular formula is C22H31NO3. The number of rotatable bonds is 11. The standard InChI is InChI=1S/C22H31NO3/c1-3-5-8-14-20(24)18(13-6-4-2)19-15-21(25)23(22(19)26)16-17-11-9-7-10-12-17/h7,9-12,18-19H,3-6,8,13-16H2,1-2H3. The summed E-state index contributed by atoms with van der Waals surface area (Å²) in [5.41, 5.74) is 0.939. The van der Waals surface area contributed by atoms with Gasteiger partial charge in [-0.3, -0.25) is 19.3 Å². The number of likely N-dealkylation sites (tertiary alicyclic amines) is 1. The Labute approximate surface area is 157 Å². The van der Waals surface area contributed by atoms with E-state index < -0.39 is 5.92 Å². The van der Waals surface area contributed by atoms with Crippen molar-refractivity contribution >= 4 is 17.6 Å². The zero-order valence-electron chi connectivity index (χ0n) is 16.1. The molecule has 1 heterocycles. The Balaban J connectivity index is 2.08. The summed E-state index contributed by atoms with van der Waals surface area (Å²) in [7, 11) is 0. The summed E-state index contributed by atoms with van der Waals surface area (Å²) < 4.78 is 0. The monoisotopic (exact) mass is 357 g/mol. The van der Waals surface area contributed by atoms with Gasteiger partial charge in [-0.25, -0.2) is 0 Å². The number of carbonyl (C=O) groups excluding carboxylic acids is 3. The van der Waals surface area contributed by atoms with E-state index in [0.29, 0.717) is 19.4 Å². The molecule has 0 saturated carbocycles. The van der Waals surface area contributed by atoms with Gasteiger partial charge in [0, 0.05) is 18.8 Å². The molecule has 1 aliphatic heterocycles. The second-order valence-corrected chi connectivity index (χ2v) is 7.29. The van der Waals surface area contributed by atoms with Crippen molar-refractivity contribution in [1.29, 1.82) is 0 Å². The van der Waals surface area contributed by atoms with Crippen LogP contribution >= 0.6 is 0 Å². The van der Waals surface area contributed by atoms with Crippen molar-refractivity contribution in [2.45, 2.75) is 71.8 Å². The van der Waals surface area contributed by atoms with Gasteiger partial charge in [-0.15, -0.1) is 0 Å². The fraction of sp³-hybridized carbons (Fsp3) is 0.591. The molecule has 1 aliphatic rings. The van der Waals surface area contributed by atoms with Gasteiger partial charge in [0.25, 0.3) is 0 Å². The van der Waals surface area contributed by atoms with E-state index in [1.54, 1.807) is 0 Å². The van der Waals surface area contributed by atoms with E-state index in [2.05, 4.69) is 13.8 Å². The van der Waals surface area contributed by atoms with Crippen LogP contribution < -0.4 is 0 Å². The molecule has 0 N–H and O–H groups in total. The van der Waals surface area contributed by atoms with Crippen molar-refractivity contribution < 1.29 is 14.4 Å². The molecule has 2 atom stereocenters. The summed E-state index contributed by atoms with van der Waals surface area (Å²) in [5.74, 6) is -0.911. The van der Waals surface area contributed by atoms with E-state index in [1.807, 2.05) is 30.3 Å². The Morgan fingerprint density at radius 2 is 1.77 bits per heavy atom. The Hall–Kier alpha value is -1.97. The molecular weight excluding hydrogens is 326 g/mol. The molecule has 0 aliphatic carbocycles. The molecule has 0 spiro atoms. The number of carbonyl (C=O) groups is 3. The van der Waals surface area contributed by atoms with E-state index in [0.717, 1.165) is 37.7 Å². The molecule has 4 heteroatoms. The largest absolute Gasteiger partial charge is 0.299 e. The van der Waals surface area contributed by atoms with Gasteiger partial charge in [0.05, 0.1) is 12.5 Å². The van der Waals surface area contributed by atoms with Crippen molar-refractivity contribution in [3.63, 3.8) is 0 Å². The van der Waals surface area contributed by atoms with Gasteiger partial charge in [-0.1, -0.05) is 69.9 Å². The predicted molar refractivity (Wildman–Crippen MR) is 102 cm³/mol. The molecule has 142 valence electrons. The number of ketones is 1. The lowest BCUT2D eigenvalue weighted by molar-refractivity contribution is -0.142. The fourth-order valence-electron chi connectivity index (χ4n) is 3.70. The number of hydrogen-bond acceptors (Lipinski definition) is 3. The number of nitrogens with zero attached hydrogens (tertiary/aromatic N) is 1. The Morgan fingerprint density at radius 3 is 2.42 bits per heavy atom. The van der Waals surface area contributed by atoms with Crippen LogP contribution in [0.3, 0.4) is 0 Å². The number of imide groups is 1.